The SMILES string of the molecule is C[Si]CC1CCc2c(cc(Br)c(F)c2Br)N1C=O. The molecular formula is C12H12Br2FNOSi. The lowest BCUT2D eigenvalue weighted by atomic mass is 9.97. The summed E-state index contributed by atoms with van der Waals surface area (Å²) >= 11 is 6.48. The maximum absolute atomic E-state index is 13.8. The predicted octanol–water partition coefficient (Wildman–Crippen LogP) is 3.80. The van der Waals surface area contributed by atoms with Gasteiger partial charge in [-0.15, -0.1) is 0 Å². The summed E-state index contributed by atoms with van der Waals surface area (Å²) < 4.78 is 14.7. The van der Waals surface area contributed by atoms with Crippen LogP contribution in [0.3, 0.4) is 0 Å². The average Bonchev–Trinajstić information content (AvgIpc) is 2.36. The van der Waals surface area contributed by atoms with Crippen LogP contribution in [-0.4, -0.2) is 22.0 Å². The topological polar surface area (TPSA) is 20.3 Å². The zero-order chi connectivity index (χ0) is 13.3. The molecule has 2 radical (unpaired) electrons. The first-order valence-corrected chi connectivity index (χ1v) is 8.94. The van der Waals surface area contributed by atoms with E-state index in [1.54, 1.807) is 11.0 Å². The first-order chi connectivity index (χ1) is 8.60. The van der Waals surface area contributed by atoms with Crippen molar-refractivity contribution >= 4 is 53.5 Å². The van der Waals surface area contributed by atoms with Gasteiger partial charge in [-0.3, -0.25) is 4.79 Å². The Hall–Kier alpha value is -0.203. The summed E-state index contributed by atoms with van der Waals surface area (Å²) in [5, 5.41) is 0. The second-order valence-electron chi connectivity index (χ2n) is 4.25. The van der Waals surface area contributed by atoms with E-state index >= 15 is 0 Å². The van der Waals surface area contributed by atoms with Crippen molar-refractivity contribution in [3.8, 4) is 0 Å². The highest BCUT2D eigenvalue weighted by atomic mass is 79.9. The number of anilines is 1. The molecule has 1 aromatic rings. The van der Waals surface area contributed by atoms with Crippen LogP contribution < -0.4 is 4.90 Å². The Balaban J connectivity index is 2.49. The molecule has 0 saturated heterocycles. The van der Waals surface area contributed by atoms with Crippen molar-refractivity contribution in [1.29, 1.82) is 0 Å². The van der Waals surface area contributed by atoms with Gasteiger partial charge in [0, 0.05) is 21.2 Å². The fraction of sp³-hybridized carbons (Fsp3) is 0.417. The number of carbonyl (C=O) groups excluding carboxylic acids is 1. The first-order valence-electron chi connectivity index (χ1n) is 5.64. The molecule has 1 aliphatic heterocycles. The van der Waals surface area contributed by atoms with Crippen LogP contribution in [0.25, 0.3) is 0 Å². The Kier molecular flexibility index (Phi) is 4.61. The van der Waals surface area contributed by atoms with Gasteiger partial charge in [-0.25, -0.2) is 4.39 Å². The molecule has 0 bridgehead atoms. The van der Waals surface area contributed by atoms with Crippen molar-refractivity contribution in [3.05, 3.63) is 26.4 Å². The Morgan fingerprint density at radius 3 is 2.94 bits per heavy atom. The molecule has 6 heteroatoms. The standard InChI is InChI=1S/C12H12Br2FNOSi/c1-18-5-7-2-3-8-10(16(7)6-17)4-9(13)12(15)11(8)14/h4,6-7H,2-3,5H2,1H3. The molecule has 0 fully saturated rings. The van der Waals surface area contributed by atoms with Crippen molar-refractivity contribution < 1.29 is 9.18 Å². The van der Waals surface area contributed by atoms with E-state index in [0.717, 1.165) is 46.1 Å². The van der Waals surface area contributed by atoms with Gasteiger partial charge in [0.1, 0.15) is 0 Å². The van der Waals surface area contributed by atoms with E-state index in [0.29, 0.717) is 8.95 Å². The Morgan fingerprint density at radius 1 is 1.61 bits per heavy atom. The quantitative estimate of drug-likeness (QED) is 0.435. The van der Waals surface area contributed by atoms with E-state index in [4.69, 9.17) is 0 Å². The van der Waals surface area contributed by atoms with Gasteiger partial charge in [0.15, 0.2) is 5.82 Å². The molecule has 1 unspecified atom stereocenters. The molecule has 2 rings (SSSR count). The minimum absolute atomic E-state index is 0.239. The third-order valence-electron chi connectivity index (χ3n) is 3.19. The molecule has 1 amide bonds. The van der Waals surface area contributed by atoms with Crippen LogP contribution in [-0.2, 0) is 11.2 Å². The maximum Gasteiger partial charge on any atom is 0.214 e. The van der Waals surface area contributed by atoms with E-state index in [9.17, 15) is 9.18 Å². The predicted molar refractivity (Wildman–Crippen MR) is 78.9 cm³/mol. The van der Waals surface area contributed by atoms with Crippen LogP contribution in [0.1, 0.15) is 12.0 Å². The van der Waals surface area contributed by atoms with Crippen LogP contribution in [0.2, 0.25) is 12.6 Å². The van der Waals surface area contributed by atoms with Crippen molar-refractivity contribution in [2.45, 2.75) is 31.5 Å². The molecule has 1 aliphatic rings. The maximum atomic E-state index is 13.8. The van der Waals surface area contributed by atoms with Gasteiger partial charge in [-0.2, -0.15) is 0 Å². The molecule has 1 heterocycles. The van der Waals surface area contributed by atoms with Crippen LogP contribution >= 0.6 is 31.9 Å². The number of carbonyl (C=O) groups is 1. The Morgan fingerprint density at radius 2 is 2.33 bits per heavy atom. The van der Waals surface area contributed by atoms with Gasteiger partial charge in [-0.05, 0) is 62.4 Å². The molecule has 2 nitrogen and oxygen atoms in total. The van der Waals surface area contributed by atoms with E-state index < -0.39 is 0 Å². The highest BCUT2D eigenvalue weighted by molar-refractivity contribution is 9.11. The highest BCUT2D eigenvalue weighted by Crippen LogP contribution is 2.40. The number of fused-ring (bicyclic) bond motifs is 1. The Bertz CT molecular complexity index is 484. The summed E-state index contributed by atoms with van der Waals surface area (Å²) in [5.74, 6) is -0.296. The van der Waals surface area contributed by atoms with Crippen LogP contribution in [0.5, 0.6) is 0 Å². The molecule has 0 aliphatic carbocycles. The summed E-state index contributed by atoms with van der Waals surface area (Å²) in [6.45, 7) is 2.13. The number of hydrogen-bond acceptors (Lipinski definition) is 1. The second kappa shape index (κ2) is 5.84. The normalized spacial score (nSPS) is 18.7. The van der Waals surface area contributed by atoms with Gasteiger partial charge in [-0.1, -0.05) is 6.55 Å². The summed E-state index contributed by atoms with van der Waals surface area (Å²) in [6, 6.07) is 2.95. The number of amides is 1. The smallest absolute Gasteiger partial charge is 0.214 e. The number of benzene rings is 1. The van der Waals surface area contributed by atoms with Gasteiger partial charge in [0.05, 0.1) is 8.95 Å². The van der Waals surface area contributed by atoms with Crippen molar-refractivity contribution in [3.63, 3.8) is 0 Å². The summed E-state index contributed by atoms with van der Waals surface area (Å²) in [6.07, 6.45) is 2.56. The average molecular weight is 393 g/mol. The highest BCUT2D eigenvalue weighted by Gasteiger charge is 2.28. The number of nitrogens with zero attached hydrogens (tertiary/aromatic N) is 1. The van der Waals surface area contributed by atoms with Crippen LogP contribution in [0, 0.1) is 5.82 Å². The molecule has 0 N–H and O–H groups in total. The lowest BCUT2D eigenvalue weighted by molar-refractivity contribution is -0.107. The zero-order valence-corrected chi connectivity index (χ0v) is 14.0. The van der Waals surface area contributed by atoms with Gasteiger partial charge >= 0.3 is 0 Å². The molecule has 1 aromatic carbocycles. The molecule has 0 spiro atoms. The summed E-state index contributed by atoms with van der Waals surface area (Å²) in [5.41, 5.74) is 1.71. The lowest BCUT2D eigenvalue weighted by Crippen LogP contribution is -2.39. The number of hydrogen-bond donors (Lipinski definition) is 0. The molecule has 0 saturated carbocycles. The molecule has 96 valence electrons. The van der Waals surface area contributed by atoms with E-state index in [-0.39, 0.29) is 11.9 Å². The summed E-state index contributed by atoms with van der Waals surface area (Å²) in [4.78, 5) is 13.1. The van der Waals surface area contributed by atoms with Gasteiger partial charge < -0.3 is 4.90 Å². The van der Waals surface area contributed by atoms with Gasteiger partial charge in [0.2, 0.25) is 6.41 Å². The van der Waals surface area contributed by atoms with Crippen molar-refractivity contribution in [2.75, 3.05) is 4.90 Å². The third-order valence-corrected chi connectivity index (χ3v) is 5.48. The largest absolute Gasteiger partial charge is 0.312 e. The van der Waals surface area contributed by atoms with Gasteiger partial charge in [0.25, 0.3) is 0 Å². The minimum atomic E-state index is -0.296. The molecule has 1 atom stereocenters. The van der Waals surface area contributed by atoms with E-state index in [2.05, 4.69) is 38.4 Å². The van der Waals surface area contributed by atoms with Crippen LogP contribution in [0.15, 0.2) is 15.0 Å². The molecule has 0 aromatic heterocycles. The number of rotatable bonds is 3. The summed E-state index contributed by atoms with van der Waals surface area (Å²) in [7, 11) is 0.809. The first kappa shape index (κ1) is 14.2. The molecular weight excluding hydrogens is 381 g/mol. The second-order valence-corrected chi connectivity index (χ2v) is 7.01. The van der Waals surface area contributed by atoms with E-state index in [1.807, 2.05) is 0 Å². The zero-order valence-electron chi connectivity index (χ0n) is 9.84. The van der Waals surface area contributed by atoms with Crippen molar-refractivity contribution in [1.82, 2.24) is 0 Å². The van der Waals surface area contributed by atoms with E-state index in [1.165, 1.54) is 0 Å². The minimum Gasteiger partial charge on any atom is -0.312 e. The Labute approximate surface area is 125 Å². The fourth-order valence-electron chi connectivity index (χ4n) is 2.31. The fourth-order valence-corrected chi connectivity index (χ4v) is 4.48. The molecule has 18 heavy (non-hydrogen) atoms. The third kappa shape index (κ3) is 2.42. The van der Waals surface area contributed by atoms with Crippen LogP contribution in [0.4, 0.5) is 10.1 Å². The lowest BCUT2D eigenvalue weighted by Gasteiger charge is -2.35. The monoisotopic (exact) mass is 391 g/mol. The number of halogens is 3. The van der Waals surface area contributed by atoms with Crippen molar-refractivity contribution in [2.24, 2.45) is 0 Å².